The number of cyclic esters (lactones) is 1. The fraction of sp³-hybridized carbons (Fsp3) is 0.543. The van der Waals surface area contributed by atoms with Gasteiger partial charge in [-0.15, -0.1) is 0 Å². The number of esters is 1. The third kappa shape index (κ3) is 14.7. The second-order valence-electron chi connectivity index (χ2n) is 17.1. The maximum absolute atomic E-state index is 14.9. The Kier molecular flexibility index (Phi) is 19.4. The van der Waals surface area contributed by atoms with Gasteiger partial charge >= 0.3 is 5.97 Å². The number of unbranched alkanes of at least 4 members (excludes halogenated alkanes) is 2. The number of nitrogens with two attached hydrogens (primary N) is 1. The van der Waals surface area contributed by atoms with Crippen molar-refractivity contribution in [1.82, 2.24) is 36.4 Å². The van der Waals surface area contributed by atoms with Crippen LogP contribution >= 0.6 is 0 Å². The van der Waals surface area contributed by atoms with Crippen molar-refractivity contribution in [3.63, 3.8) is 0 Å². The van der Waals surface area contributed by atoms with Crippen molar-refractivity contribution in [3.05, 3.63) is 65.7 Å². The maximum atomic E-state index is 14.9. The minimum absolute atomic E-state index is 0.0541. The molecule has 20 heteroatoms. The molecule has 9 N–H and O–H groups in total. The molecule has 66 heavy (non-hydrogen) atoms. The Labute approximate surface area is 384 Å². The molecule has 0 radical (unpaired) electrons. The smallest absolute Gasteiger partial charge is 0.329 e. The van der Waals surface area contributed by atoms with Crippen LogP contribution in [0, 0.1) is 5.92 Å². The molecular weight excluding hydrogens is 857 g/mol. The summed E-state index contributed by atoms with van der Waals surface area (Å²) in [5.74, 6) is -8.27. The minimum atomic E-state index is -1.72. The van der Waals surface area contributed by atoms with Crippen molar-refractivity contribution >= 4 is 53.2 Å². The first-order valence-electron chi connectivity index (χ1n) is 22.4. The number of benzene rings is 2. The van der Waals surface area contributed by atoms with Crippen LogP contribution in [0.25, 0.3) is 0 Å². The van der Waals surface area contributed by atoms with Crippen LogP contribution in [-0.4, -0.2) is 135 Å². The topological polar surface area (TPSA) is 296 Å². The number of carbonyl (C=O) groups is 9. The fourth-order valence-electron chi connectivity index (χ4n) is 7.78. The monoisotopic (exact) mass is 920 g/mol. The highest BCUT2D eigenvalue weighted by Gasteiger charge is 2.45. The predicted molar refractivity (Wildman–Crippen MR) is 238 cm³/mol. The van der Waals surface area contributed by atoms with E-state index in [-0.39, 0.29) is 44.3 Å². The highest BCUT2D eigenvalue weighted by molar-refractivity contribution is 5.98. The second kappa shape index (κ2) is 24.6. The van der Waals surface area contributed by atoms with Gasteiger partial charge in [-0.2, -0.15) is 0 Å². The number of carbonyl (C=O) groups excluding carboxylic acids is 9. The quantitative estimate of drug-likeness (QED) is 0.0853. The number of amides is 8. The van der Waals surface area contributed by atoms with Gasteiger partial charge in [0, 0.05) is 32.7 Å². The molecule has 0 aromatic heterocycles. The molecule has 2 saturated heterocycles. The van der Waals surface area contributed by atoms with Gasteiger partial charge in [0.25, 0.3) is 0 Å². The number of nitrogens with zero attached hydrogens (tertiary/aromatic N) is 2. The van der Waals surface area contributed by atoms with Gasteiger partial charge in [0.1, 0.15) is 54.3 Å². The number of hydrogen-bond donors (Lipinski definition) is 8. The fourth-order valence-corrected chi connectivity index (χ4v) is 7.78. The number of phenolic OH excluding ortho intramolecular Hbond substituents is 1. The molecule has 2 aliphatic heterocycles. The van der Waals surface area contributed by atoms with Gasteiger partial charge in [-0.3, -0.25) is 38.4 Å². The molecule has 2 bridgehead atoms. The molecular formula is C46H64N8O12. The van der Waals surface area contributed by atoms with Gasteiger partial charge in [-0.25, -0.2) is 4.79 Å². The molecule has 20 nitrogen and oxygen atoms in total. The van der Waals surface area contributed by atoms with Crippen LogP contribution in [0.3, 0.4) is 0 Å². The summed E-state index contributed by atoms with van der Waals surface area (Å²) < 4.78 is 5.78. The van der Waals surface area contributed by atoms with E-state index in [0.717, 1.165) is 22.6 Å². The summed E-state index contributed by atoms with van der Waals surface area (Å²) in [4.78, 5) is 126. The number of hydrogen-bond acceptors (Lipinski definition) is 12. The van der Waals surface area contributed by atoms with Crippen molar-refractivity contribution in [2.45, 2.75) is 140 Å². The number of aliphatic hydroxyl groups excluding tert-OH is 1. The number of likely N-dealkylation sites (N-methyl/N-ethyl adjacent to an activating group) is 1. The Morgan fingerprint density at radius 3 is 2.11 bits per heavy atom. The van der Waals surface area contributed by atoms with Crippen LogP contribution < -0.4 is 32.3 Å². The van der Waals surface area contributed by atoms with Crippen LogP contribution in [0.15, 0.2) is 54.6 Å². The highest BCUT2D eigenvalue weighted by atomic mass is 16.5. The van der Waals surface area contributed by atoms with E-state index in [9.17, 15) is 53.4 Å². The second-order valence-corrected chi connectivity index (χ2v) is 17.1. The van der Waals surface area contributed by atoms with Crippen LogP contribution in [0.4, 0.5) is 0 Å². The van der Waals surface area contributed by atoms with Crippen LogP contribution in [0.1, 0.15) is 90.2 Å². The number of fused-ring (bicyclic) bond motifs is 2. The summed E-state index contributed by atoms with van der Waals surface area (Å²) >= 11 is 0. The zero-order valence-electron chi connectivity index (χ0n) is 38.1. The van der Waals surface area contributed by atoms with E-state index in [1.165, 1.54) is 26.1 Å². The van der Waals surface area contributed by atoms with E-state index in [1.54, 1.807) is 56.3 Å². The lowest BCUT2D eigenvalue weighted by atomic mass is 9.95. The standard InChI is InChI=1S/C46H64N8O12/c1-6-7-9-14-36(57)48-25-37(58)51-40-27(4)66-46(65)39(26(2)3)52-42(61)33(23-29-15-17-30(55)18-16-29)53(5)45(64)34(24-28-12-10-8-11-13-28)54-38(59)22-20-32(44(54)63)50-41(60)31(49-43(40)62)19-21-35(47)56/h8,10-13,15-18,26-27,31-34,38-40,55,59H,6-7,9,14,19-25H2,1-5H3,(H2,47,56)(H,48,57)(H,49,62)(H,50,60)(H,51,58)(H,52,61)/t27-,31+,32+,33+,34+,38-,39?,40+/m1/s1. The first kappa shape index (κ1) is 52.1. The first-order chi connectivity index (χ1) is 31.3. The average molecular weight is 921 g/mol. The number of primary amides is 1. The van der Waals surface area contributed by atoms with Gasteiger partial charge in [0.2, 0.25) is 47.3 Å². The molecule has 2 heterocycles. The Hall–Kier alpha value is -6.57. The Morgan fingerprint density at radius 1 is 0.818 bits per heavy atom. The average Bonchev–Trinajstić information content (AvgIpc) is 3.27. The summed E-state index contributed by atoms with van der Waals surface area (Å²) in [5, 5.41) is 34.2. The molecule has 2 aromatic rings. The maximum Gasteiger partial charge on any atom is 0.329 e. The largest absolute Gasteiger partial charge is 0.508 e. The molecule has 8 atom stereocenters. The summed E-state index contributed by atoms with van der Waals surface area (Å²) in [6.45, 7) is 5.93. The Morgan fingerprint density at radius 2 is 1.47 bits per heavy atom. The Balaban J connectivity index is 1.83. The zero-order chi connectivity index (χ0) is 48.7. The number of ether oxygens (including phenoxy) is 1. The molecule has 2 aromatic carbocycles. The highest BCUT2D eigenvalue weighted by Crippen LogP contribution is 2.25. The molecule has 8 amide bonds. The first-order valence-corrected chi connectivity index (χ1v) is 22.4. The van der Waals surface area contributed by atoms with Crippen molar-refractivity contribution in [3.8, 4) is 5.75 Å². The van der Waals surface area contributed by atoms with Crippen molar-refractivity contribution in [1.29, 1.82) is 0 Å². The minimum Gasteiger partial charge on any atom is -0.508 e. The number of piperidine rings is 1. The van der Waals surface area contributed by atoms with E-state index in [1.807, 2.05) is 6.92 Å². The number of aliphatic hydroxyl groups is 1. The lowest BCUT2D eigenvalue weighted by Gasteiger charge is -2.43. The van der Waals surface area contributed by atoms with Gasteiger partial charge in [-0.1, -0.05) is 76.1 Å². The van der Waals surface area contributed by atoms with E-state index in [0.29, 0.717) is 17.5 Å². The van der Waals surface area contributed by atoms with E-state index in [2.05, 4.69) is 26.6 Å². The summed E-state index contributed by atoms with van der Waals surface area (Å²) in [6, 6.07) is 5.67. The van der Waals surface area contributed by atoms with E-state index >= 15 is 0 Å². The van der Waals surface area contributed by atoms with Crippen LogP contribution in [-0.2, 0) is 60.7 Å². The lowest BCUT2D eigenvalue weighted by molar-refractivity contribution is -0.165. The van der Waals surface area contributed by atoms with Gasteiger partial charge in [0.15, 0.2) is 0 Å². The zero-order valence-corrected chi connectivity index (χ0v) is 38.1. The van der Waals surface area contributed by atoms with Crippen LogP contribution in [0.5, 0.6) is 5.75 Å². The molecule has 1 unspecified atom stereocenters. The Bertz CT molecular complexity index is 2050. The molecule has 2 fully saturated rings. The van der Waals surface area contributed by atoms with E-state index < -0.39 is 121 Å². The summed E-state index contributed by atoms with van der Waals surface area (Å²) in [6.07, 6.45) is -1.86. The van der Waals surface area contributed by atoms with E-state index in [4.69, 9.17) is 10.5 Å². The molecule has 2 aliphatic rings. The summed E-state index contributed by atoms with van der Waals surface area (Å²) in [7, 11) is 1.35. The van der Waals surface area contributed by atoms with Crippen molar-refractivity contribution in [2.75, 3.05) is 13.6 Å². The van der Waals surface area contributed by atoms with Gasteiger partial charge in [-0.05, 0) is 61.8 Å². The van der Waals surface area contributed by atoms with Crippen molar-refractivity contribution in [2.24, 2.45) is 11.7 Å². The third-order valence-corrected chi connectivity index (χ3v) is 11.6. The number of aromatic hydroxyl groups is 1. The molecule has 4 rings (SSSR count). The number of nitrogens with one attached hydrogen (secondary N) is 5. The van der Waals surface area contributed by atoms with Gasteiger partial charge in [0.05, 0.1) is 6.54 Å². The predicted octanol–water partition coefficient (Wildman–Crippen LogP) is -0.184. The SMILES string of the molecule is CCCCCC(=O)NCC(=O)N[C@@H]1C(=O)N[C@@H](CCC(N)=O)C(=O)N[C@H]2CC[C@@H](O)N(C2=O)[C@@H](Cc2ccccc2)C(=O)N(C)[C@@H](Cc2ccc(O)cc2)C(=O)NC(C(C)C)C(=O)O[C@@H]1C. The number of rotatable bonds is 15. The third-order valence-electron chi connectivity index (χ3n) is 11.6. The molecule has 0 spiro atoms. The number of phenols is 1. The molecule has 0 saturated carbocycles. The normalized spacial score (nSPS) is 24.8. The molecule has 360 valence electrons. The van der Waals surface area contributed by atoms with Crippen LogP contribution in [0.2, 0.25) is 0 Å². The van der Waals surface area contributed by atoms with Crippen molar-refractivity contribution < 1.29 is 58.1 Å². The lowest BCUT2D eigenvalue weighted by Crippen LogP contribution is -2.65. The molecule has 0 aliphatic carbocycles. The summed E-state index contributed by atoms with van der Waals surface area (Å²) in [5.41, 5.74) is 6.53. The van der Waals surface area contributed by atoms with Gasteiger partial charge < -0.3 is 57.1 Å².